The summed E-state index contributed by atoms with van der Waals surface area (Å²) < 4.78 is 64.1. The summed E-state index contributed by atoms with van der Waals surface area (Å²) in [4.78, 5) is 7.85. The van der Waals surface area contributed by atoms with Crippen LogP contribution >= 0.6 is 15.9 Å². The van der Waals surface area contributed by atoms with Crippen LogP contribution in [0.15, 0.2) is 21.7 Å². The van der Waals surface area contributed by atoms with Crippen molar-refractivity contribution in [1.29, 1.82) is 0 Å². The van der Waals surface area contributed by atoms with Gasteiger partial charge in [-0.1, -0.05) is 0 Å². The van der Waals surface area contributed by atoms with Crippen molar-refractivity contribution < 1.29 is 22.1 Å². The molecule has 1 aromatic heterocycles. The average molecular weight is 403 g/mol. The summed E-state index contributed by atoms with van der Waals surface area (Å²) in [5, 5.41) is 0. The number of nitrogens with two attached hydrogens (primary N) is 1. The molecule has 1 aliphatic rings. The molecule has 0 radical (unpaired) electrons. The molecule has 0 bridgehead atoms. The Hall–Kier alpha value is -1.07. The van der Waals surface area contributed by atoms with E-state index in [9.17, 15) is 22.1 Å². The Kier molecular flexibility index (Phi) is 4.60. The summed E-state index contributed by atoms with van der Waals surface area (Å²) in [7, 11) is 0. The zero-order valence-electron chi connectivity index (χ0n) is 11.2. The Bertz CT molecular complexity index is 614. The number of guanidine groups is 1. The second-order valence-electron chi connectivity index (χ2n) is 4.83. The van der Waals surface area contributed by atoms with Gasteiger partial charge in [0.05, 0.1) is 11.4 Å². The van der Waals surface area contributed by atoms with Crippen molar-refractivity contribution in [2.45, 2.75) is 18.6 Å². The molecule has 0 spiro atoms. The Morgan fingerprint density at radius 1 is 1.50 bits per heavy atom. The van der Waals surface area contributed by atoms with E-state index in [2.05, 4.69) is 25.9 Å². The van der Waals surface area contributed by atoms with Crippen LogP contribution in [0.3, 0.4) is 0 Å². The molecular weight excluding hydrogens is 392 g/mol. The molecule has 5 nitrogen and oxygen atoms in total. The van der Waals surface area contributed by atoms with Gasteiger partial charge in [0, 0.05) is 0 Å². The fraction of sp³-hybridized carbons (Fsp3) is 0.455. The number of hydrogen-bond acceptors (Lipinski definition) is 5. The SMILES string of the molecule is C[C@@]1(c2nc(Br)ccc2F)C[S+]([O-])N(CC(F)(F)F)C(N)=N1. The molecule has 22 heavy (non-hydrogen) atoms. The van der Waals surface area contributed by atoms with Gasteiger partial charge in [-0.3, -0.25) is 0 Å². The van der Waals surface area contributed by atoms with Crippen LogP contribution < -0.4 is 5.73 Å². The highest BCUT2D eigenvalue weighted by atomic mass is 79.9. The van der Waals surface area contributed by atoms with Crippen molar-refractivity contribution in [3.8, 4) is 0 Å². The maximum atomic E-state index is 13.9. The average Bonchev–Trinajstić information content (AvgIpc) is 2.36. The van der Waals surface area contributed by atoms with Crippen LogP contribution in [0.2, 0.25) is 0 Å². The van der Waals surface area contributed by atoms with Crippen molar-refractivity contribution in [2.75, 3.05) is 12.3 Å². The normalized spacial score (nSPS) is 26.0. The van der Waals surface area contributed by atoms with E-state index in [0.29, 0.717) is 8.91 Å². The molecule has 1 aromatic rings. The van der Waals surface area contributed by atoms with Crippen LogP contribution in [0.4, 0.5) is 17.6 Å². The number of rotatable bonds is 2. The monoisotopic (exact) mass is 402 g/mol. The fourth-order valence-corrected chi connectivity index (χ4v) is 3.68. The van der Waals surface area contributed by atoms with Gasteiger partial charge in [-0.05, 0) is 35.0 Å². The second-order valence-corrected chi connectivity index (χ2v) is 7.01. The summed E-state index contributed by atoms with van der Waals surface area (Å²) in [6.45, 7) is -0.0695. The minimum Gasteiger partial charge on any atom is -0.593 e. The molecular formula is C11H11BrF4N4OS. The van der Waals surface area contributed by atoms with Crippen LogP contribution in [0, 0.1) is 5.82 Å². The number of halogens is 5. The van der Waals surface area contributed by atoms with Gasteiger partial charge in [-0.2, -0.15) is 17.5 Å². The van der Waals surface area contributed by atoms with E-state index in [0.717, 1.165) is 6.07 Å². The highest BCUT2D eigenvalue weighted by Crippen LogP contribution is 2.34. The number of aliphatic imine (C=N–C) groups is 1. The summed E-state index contributed by atoms with van der Waals surface area (Å²) in [6, 6.07) is 2.50. The van der Waals surface area contributed by atoms with Crippen molar-refractivity contribution in [3.05, 3.63) is 28.2 Å². The largest absolute Gasteiger partial charge is 0.593 e. The number of nitrogens with zero attached hydrogens (tertiary/aromatic N) is 3. The molecule has 2 atom stereocenters. The smallest absolute Gasteiger partial charge is 0.410 e. The van der Waals surface area contributed by atoms with E-state index in [4.69, 9.17) is 5.73 Å². The molecule has 2 rings (SSSR count). The summed E-state index contributed by atoms with van der Waals surface area (Å²) in [5.74, 6) is -1.63. The molecule has 1 unspecified atom stereocenters. The van der Waals surface area contributed by atoms with E-state index in [1.165, 1.54) is 13.0 Å². The van der Waals surface area contributed by atoms with E-state index in [-0.39, 0.29) is 11.4 Å². The first-order valence-corrected chi connectivity index (χ1v) is 7.99. The Balaban J connectivity index is 2.40. The van der Waals surface area contributed by atoms with E-state index in [1.807, 2.05) is 0 Å². The number of hydrogen-bond donors (Lipinski definition) is 1. The first kappa shape index (κ1) is 17.3. The van der Waals surface area contributed by atoms with Crippen LogP contribution in [0.1, 0.15) is 12.6 Å². The van der Waals surface area contributed by atoms with Gasteiger partial charge in [0.25, 0.3) is 0 Å². The summed E-state index contributed by atoms with van der Waals surface area (Å²) >= 11 is 0.973. The maximum Gasteiger partial charge on any atom is 0.410 e. The third-order valence-electron chi connectivity index (χ3n) is 2.91. The fourth-order valence-electron chi connectivity index (χ4n) is 2.00. The van der Waals surface area contributed by atoms with Crippen molar-refractivity contribution in [1.82, 2.24) is 9.29 Å². The lowest BCUT2D eigenvalue weighted by atomic mass is 10.00. The molecule has 2 heterocycles. The van der Waals surface area contributed by atoms with Crippen LogP contribution in [-0.4, -0.2) is 38.3 Å². The molecule has 0 saturated carbocycles. The zero-order chi connectivity index (χ0) is 16.7. The quantitative estimate of drug-likeness (QED) is 0.466. The van der Waals surface area contributed by atoms with Gasteiger partial charge >= 0.3 is 6.18 Å². The van der Waals surface area contributed by atoms with E-state index < -0.39 is 41.4 Å². The Labute approximate surface area is 135 Å². The van der Waals surface area contributed by atoms with Crippen LogP contribution in [0.25, 0.3) is 0 Å². The maximum absolute atomic E-state index is 13.9. The Morgan fingerprint density at radius 3 is 2.68 bits per heavy atom. The highest BCUT2D eigenvalue weighted by Gasteiger charge is 2.47. The molecule has 0 aromatic carbocycles. The number of aromatic nitrogens is 1. The minimum absolute atomic E-state index is 0.134. The van der Waals surface area contributed by atoms with Gasteiger partial charge < -0.3 is 10.3 Å². The lowest BCUT2D eigenvalue weighted by Gasteiger charge is -2.36. The van der Waals surface area contributed by atoms with Gasteiger partial charge in [-0.15, -0.1) is 0 Å². The van der Waals surface area contributed by atoms with Crippen molar-refractivity contribution in [3.63, 3.8) is 0 Å². The summed E-state index contributed by atoms with van der Waals surface area (Å²) in [6.07, 6.45) is -4.58. The third-order valence-corrected chi connectivity index (χ3v) is 4.97. The van der Waals surface area contributed by atoms with Gasteiger partial charge in [-0.25, -0.2) is 14.4 Å². The molecule has 1 aliphatic heterocycles. The van der Waals surface area contributed by atoms with Crippen molar-refractivity contribution in [2.24, 2.45) is 10.7 Å². The van der Waals surface area contributed by atoms with Crippen LogP contribution in [-0.2, 0) is 16.9 Å². The number of alkyl halides is 3. The lowest BCUT2D eigenvalue weighted by Crippen LogP contribution is -2.55. The molecule has 0 amide bonds. The van der Waals surface area contributed by atoms with E-state index >= 15 is 0 Å². The Morgan fingerprint density at radius 2 is 2.14 bits per heavy atom. The first-order chi connectivity index (χ1) is 10.0. The second kappa shape index (κ2) is 5.85. The van der Waals surface area contributed by atoms with E-state index in [1.54, 1.807) is 0 Å². The zero-order valence-corrected chi connectivity index (χ0v) is 13.6. The van der Waals surface area contributed by atoms with Gasteiger partial charge in [0.15, 0.2) is 17.8 Å². The third kappa shape index (κ3) is 3.63. The van der Waals surface area contributed by atoms with Crippen molar-refractivity contribution >= 4 is 33.3 Å². The molecule has 2 N–H and O–H groups in total. The molecule has 0 aliphatic carbocycles. The molecule has 0 fully saturated rings. The lowest BCUT2D eigenvalue weighted by molar-refractivity contribution is -0.131. The van der Waals surface area contributed by atoms with Gasteiger partial charge in [0.2, 0.25) is 5.96 Å². The minimum atomic E-state index is -4.58. The highest BCUT2D eigenvalue weighted by molar-refractivity contribution is 9.10. The number of pyridine rings is 1. The standard InChI is InChI=1S/C11H11BrF4N4OS/c1-10(8-6(13)2-3-7(12)18-8)5-22(21)20(9(17)19-10)4-11(14,15)16/h2-3H,4-5H2,1H3,(H2,17,19)/t10-,22?/m0/s1. The molecule has 0 saturated heterocycles. The molecule has 11 heteroatoms. The van der Waals surface area contributed by atoms with Crippen LogP contribution in [0.5, 0.6) is 0 Å². The van der Waals surface area contributed by atoms with Gasteiger partial charge in [0.1, 0.15) is 16.1 Å². The summed E-state index contributed by atoms with van der Waals surface area (Å²) in [5.41, 5.74) is 3.95. The topological polar surface area (TPSA) is 77.6 Å². The predicted molar refractivity (Wildman–Crippen MR) is 76.6 cm³/mol. The molecule has 122 valence electrons. The predicted octanol–water partition coefficient (Wildman–Crippen LogP) is 2.05. The first-order valence-electron chi connectivity index (χ1n) is 5.92.